The number of ether oxygens (including phenoxy) is 1. The standard InChI is InChI=1S/C30H33F6NO3.Na/c1-17(27(38)39)26(20-4-5-20)21-6-3-19-9-10-28(40-25(19)15-21)11-13-37(14-12-28)18(2)23-16-22(29(31,32)33)7-8-24(23)30(34,35)36;/h3,6-8,15-18,20,26H,4-5,9-14H2,1-2H3,(H,38,39);/q;+1/p-1/t17-,18-,26-;/m0./s1. The van der Waals surface area contributed by atoms with Crippen molar-refractivity contribution in [1.82, 2.24) is 4.90 Å². The van der Waals surface area contributed by atoms with Crippen LogP contribution in [0.1, 0.15) is 85.7 Å². The van der Waals surface area contributed by atoms with E-state index in [1.807, 2.05) is 18.2 Å². The number of halogens is 6. The zero-order chi connectivity index (χ0) is 29.0. The maximum atomic E-state index is 13.7. The molecule has 3 aliphatic rings. The summed E-state index contributed by atoms with van der Waals surface area (Å²) in [5.41, 5.74) is -1.13. The fourth-order valence-corrected chi connectivity index (χ4v) is 6.51. The third-order valence-corrected chi connectivity index (χ3v) is 9.08. The largest absolute Gasteiger partial charge is 1.00 e. The van der Waals surface area contributed by atoms with Crippen LogP contribution in [-0.2, 0) is 23.6 Å². The molecule has 2 aliphatic heterocycles. The minimum Gasteiger partial charge on any atom is -0.550 e. The van der Waals surface area contributed by atoms with Crippen molar-refractivity contribution in [3.8, 4) is 5.75 Å². The van der Waals surface area contributed by atoms with Crippen molar-refractivity contribution in [2.45, 2.75) is 82.3 Å². The fourth-order valence-electron chi connectivity index (χ4n) is 6.51. The number of alkyl halides is 6. The predicted molar refractivity (Wildman–Crippen MR) is 133 cm³/mol. The average Bonchev–Trinajstić information content (AvgIpc) is 3.72. The Morgan fingerprint density at radius 1 is 0.976 bits per heavy atom. The number of nitrogens with zero attached hydrogens (tertiary/aromatic N) is 1. The number of carboxylic acids is 1. The minimum atomic E-state index is -4.77. The number of carbonyl (C=O) groups is 1. The van der Waals surface area contributed by atoms with Gasteiger partial charge in [0, 0.05) is 31.0 Å². The van der Waals surface area contributed by atoms with Crippen LogP contribution in [0.25, 0.3) is 0 Å². The Kier molecular flexibility index (Phi) is 9.21. The van der Waals surface area contributed by atoms with E-state index in [4.69, 9.17) is 4.74 Å². The number of aryl methyl sites for hydroxylation is 1. The van der Waals surface area contributed by atoms with Crippen LogP contribution in [0.2, 0.25) is 0 Å². The molecule has 0 N–H and O–H groups in total. The van der Waals surface area contributed by atoms with Gasteiger partial charge in [0.15, 0.2) is 0 Å². The van der Waals surface area contributed by atoms with E-state index in [0.717, 1.165) is 36.8 Å². The summed E-state index contributed by atoms with van der Waals surface area (Å²) in [6.45, 7) is 3.93. The molecule has 1 saturated carbocycles. The molecule has 1 aliphatic carbocycles. The van der Waals surface area contributed by atoms with Gasteiger partial charge in [0.05, 0.1) is 11.1 Å². The van der Waals surface area contributed by atoms with Gasteiger partial charge in [0.25, 0.3) is 0 Å². The molecule has 2 heterocycles. The van der Waals surface area contributed by atoms with Crippen LogP contribution < -0.4 is 39.4 Å². The quantitative estimate of drug-likeness (QED) is 0.381. The first-order valence-electron chi connectivity index (χ1n) is 13.7. The number of piperidine rings is 1. The smallest absolute Gasteiger partial charge is 0.550 e. The summed E-state index contributed by atoms with van der Waals surface area (Å²) in [5, 5.41) is 11.6. The molecule has 11 heteroatoms. The first-order chi connectivity index (χ1) is 18.7. The van der Waals surface area contributed by atoms with Gasteiger partial charge in [-0.05, 0) is 98.2 Å². The van der Waals surface area contributed by atoms with Crippen LogP contribution in [0, 0.1) is 11.8 Å². The molecule has 0 radical (unpaired) electrons. The van der Waals surface area contributed by atoms with Gasteiger partial charge in [-0.2, -0.15) is 26.3 Å². The molecular weight excluding hydrogens is 559 g/mol. The molecule has 218 valence electrons. The van der Waals surface area contributed by atoms with Gasteiger partial charge in [-0.1, -0.05) is 19.1 Å². The molecule has 2 fully saturated rings. The molecular formula is C30H32F6NNaO3. The summed E-state index contributed by atoms with van der Waals surface area (Å²) in [6, 6.07) is 6.65. The second-order valence-electron chi connectivity index (χ2n) is 11.6. The predicted octanol–water partition coefficient (Wildman–Crippen LogP) is 3.53. The number of rotatable bonds is 6. The number of aliphatic carboxylic acids is 1. The Morgan fingerprint density at radius 2 is 1.63 bits per heavy atom. The number of fused-ring (bicyclic) bond motifs is 1. The van der Waals surface area contributed by atoms with Crippen molar-refractivity contribution >= 4 is 5.97 Å². The molecule has 2 aromatic carbocycles. The van der Waals surface area contributed by atoms with E-state index in [9.17, 15) is 36.2 Å². The summed E-state index contributed by atoms with van der Waals surface area (Å²) in [5.74, 6) is -0.868. The summed E-state index contributed by atoms with van der Waals surface area (Å²) < 4.78 is 87.7. The molecule has 3 atom stereocenters. The van der Waals surface area contributed by atoms with E-state index in [1.54, 1.807) is 11.8 Å². The van der Waals surface area contributed by atoms with Gasteiger partial charge in [-0.3, -0.25) is 4.90 Å². The van der Waals surface area contributed by atoms with Gasteiger partial charge in [0.2, 0.25) is 0 Å². The van der Waals surface area contributed by atoms with Crippen LogP contribution in [-0.4, -0.2) is 29.6 Å². The summed E-state index contributed by atoms with van der Waals surface area (Å²) in [7, 11) is 0. The first-order valence-corrected chi connectivity index (χ1v) is 13.7. The molecule has 41 heavy (non-hydrogen) atoms. The molecule has 0 amide bonds. The van der Waals surface area contributed by atoms with Gasteiger partial charge in [-0.25, -0.2) is 0 Å². The third-order valence-electron chi connectivity index (χ3n) is 9.08. The maximum Gasteiger partial charge on any atom is 1.00 e. The molecule has 5 rings (SSSR count). The zero-order valence-corrected chi connectivity index (χ0v) is 25.4. The monoisotopic (exact) mass is 591 g/mol. The number of hydrogen-bond acceptors (Lipinski definition) is 4. The number of benzene rings is 2. The van der Waals surface area contributed by atoms with Gasteiger partial charge >= 0.3 is 41.9 Å². The Hall–Kier alpha value is -1.75. The van der Waals surface area contributed by atoms with E-state index >= 15 is 0 Å². The Bertz CT molecular complexity index is 1270. The van der Waals surface area contributed by atoms with E-state index < -0.39 is 47.0 Å². The molecule has 2 aromatic rings. The van der Waals surface area contributed by atoms with E-state index in [2.05, 4.69) is 0 Å². The minimum absolute atomic E-state index is 0. The molecule has 1 spiro atoms. The fraction of sp³-hybridized carbons (Fsp3) is 0.567. The first kappa shape index (κ1) is 32.2. The molecule has 0 aromatic heterocycles. The number of hydrogen-bond donors (Lipinski definition) is 0. The van der Waals surface area contributed by atoms with Crippen LogP contribution in [0.15, 0.2) is 36.4 Å². The van der Waals surface area contributed by atoms with Crippen molar-refractivity contribution in [1.29, 1.82) is 0 Å². The topological polar surface area (TPSA) is 52.6 Å². The van der Waals surface area contributed by atoms with Crippen molar-refractivity contribution in [2.24, 2.45) is 11.8 Å². The van der Waals surface area contributed by atoms with E-state index in [-0.39, 0.29) is 41.0 Å². The normalized spacial score (nSPS) is 21.3. The summed E-state index contributed by atoms with van der Waals surface area (Å²) in [4.78, 5) is 13.4. The van der Waals surface area contributed by atoms with Crippen molar-refractivity contribution in [3.63, 3.8) is 0 Å². The molecule has 0 bridgehead atoms. The Balaban J connectivity index is 0.00000387. The van der Waals surface area contributed by atoms with Crippen molar-refractivity contribution < 1.29 is 70.5 Å². The summed E-state index contributed by atoms with van der Waals surface area (Å²) in [6.07, 6.45) is -5.07. The zero-order valence-electron chi connectivity index (χ0n) is 23.4. The number of carboxylic acid groups (broad SMARTS) is 1. The SMILES string of the molecule is C[C@H](C(=O)[O-])[C@H](c1ccc2c(c1)OC1(CC2)CCN([C@@H](C)c2cc(C(F)(F)F)ccc2C(F)(F)F)CC1)C1CC1.[Na+]. The maximum absolute atomic E-state index is 13.7. The second-order valence-corrected chi connectivity index (χ2v) is 11.6. The third kappa shape index (κ3) is 6.76. The number of likely N-dealkylation sites (tertiary alicyclic amines) is 1. The van der Waals surface area contributed by atoms with Crippen LogP contribution in [0.4, 0.5) is 26.3 Å². The summed E-state index contributed by atoms with van der Waals surface area (Å²) >= 11 is 0. The van der Waals surface area contributed by atoms with Crippen molar-refractivity contribution in [2.75, 3.05) is 13.1 Å². The van der Waals surface area contributed by atoms with E-state index in [0.29, 0.717) is 55.8 Å². The van der Waals surface area contributed by atoms with Gasteiger partial charge < -0.3 is 14.6 Å². The van der Waals surface area contributed by atoms with Crippen LogP contribution in [0.3, 0.4) is 0 Å². The van der Waals surface area contributed by atoms with Gasteiger partial charge in [0.1, 0.15) is 11.4 Å². The van der Waals surface area contributed by atoms with Gasteiger partial charge in [-0.15, -0.1) is 0 Å². The van der Waals surface area contributed by atoms with Crippen LogP contribution >= 0.6 is 0 Å². The molecule has 4 nitrogen and oxygen atoms in total. The average molecular weight is 592 g/mol. The van der Waals surface area contributed by atoms with Crippen LogP contribution in [0.5, 0.6) is 5.75 Å². The number of carbonyl (C=O) groups excluding carboxylic acids is 1. The van der Waals surface area contributed by atoms with Crippen molar-refractivity contribution in [3.05, 3.63) is 64.2 Å². The molecule has 1 saturated heterocycles. The molecule has 0 unspecified atom stereocenters. The Labute approximate surface area is 257 Å². The van der Waals surface area contributed by atoms with E-state index in [1.165, 1.54) is 6.92 Å². The Morgan fingerprint density at radius 3 is 2.20 bits per heavy atom. The second kappa shape index (κ2) is 11.7.